The number of halogens is 1. The van der Waals surface area contributed by atoms with Crippen LogP contribution in [0.5, 0.6) is 0 Å². The second kappa shape index (κ2) is 5.85. The normalized spacial score (nSPS) is 11.8. The SMILES string of the molecule is Clc1ccc2c(ccc3cc4c5ccccc5n(-c5ccccc5)c4cc32)c1. The van der Waals surface area contributed by atoms with Gasteiger partial charge in [-0.3, -0.25) is 0 Å². The van der Waals surface area contributed by atoms with Crippen molar-refractivity contribution in [3.8, 4) is 5.69 Å². The Morgan fingerprint density at radius 3 is 2.11 bits per heavy atom. The van der Waals surface area contributed by atoms with Crippen LogP contribution in [0, 0.1) is 0 Å². The Balaban J connectivity index is 1.84. The van der Waals surface area contributed by atoms with Gasteiger partial charge in [-0.05, 0) is 64.0 Å². The molecule has 0 bridgehead atoms. The van der Waals surface area contributed by atoms with Crippen molar-refractivity contribution in [1.82, 2.24) is 4.57 Å². The molecule has 0 fully saturated rings. The topological polar surface area (TPSA) is 4.93 Å². The Labute approximate surface area is 167 Å². The number of aromatic nitrogens is 1. The quantitative estimate of drug-likeness (QED) is 0.258. The minimum absolute atomic E-state index is 0.770. The van der Waals surface area contributed by atoms with E-state index in [-0.39, 0.29) is 0 Å². The van der Waals surface area contributed by atoms with Gasteiger partial charge in [0.15, 0.2) is 0 Å². The summed E-state index contributed by atoms with van der Waals surface area (Å²) in [7, 11) is 0. The maximum atomic E-state index is 6.22. The third-order valence-corrected chi connectivity index (χ3v) is 5.84. The molecule has 0 amide bonds. The molecular formula is C26H16ClN. The van der Waals surface area contributed by atoms with Gasteiger partial charge in [0, 0.05) is 21.5 Å². The first kappa shape index (κ1) is 15.7. The number of hydrogen-bond donors (Lipinski definition) is 0. The molecule has 2 heteroatoms. The maximum Gasteiger partial charge on any atom is 0.0547 e. The molecular weight excluding hydrogens is 362 g/mol. The highest BCUT2D eigenvalue weighted by molar-refractivity contribution is 6.31. The van der Waals surface area contributed by atoms with Gasteiger partial charge in [-0.15, -0.1) is 0 Å². The molecule has 5 aromatic carbocycles. The molecule has 0 radical (unpaired) electrons. The van der Waals surface area contributed by atoms with Gasteiger partial charge in [0.25, 0.3) is 0 Å². The van der Waals surface area contributed by atoms with E-state index in [2.05, 4.69) is 89.5 Å². The smallest absolute Gasteiger partial charge is 0.0547 e. The zero-order valence-corrected chi connectivity index (χ0v) is 15.8. The molecule has 6 aromatic rings. The lowest BCUT2D eigenvalue weighted by molar-refractivity contribution is 1.18. The van der Waals surface area contributed by atoms with Crippen LogP contribution in [0.3, 0.4) is 0 Å². The summed E-state index contributed by atoms with van der Waals surface area (Å²) in [6, 6.07) is 34.3. The van der Waals surface area contributed by atoms with Crippen LogP contribution in [0.25, 0.3) is 49.0 Å². The zero-order chi connectivity index (χ0) is 18.7. The molecule has 1 heterocycles. The van der Waals surface area contributed by atoms with E-state index < -0.39 is 0 Å². The molecule has 28 heavy (non-hydrogen) atoms. The molecule has 0 saturated carbocycles. The van der Waals surface area contributed by atoms with E-state index in [9.17, 15) is 0 Å². The summed E-state index contributed by atoms with van der Waals surface area (Å²) in [6.45, 7) is 0. The molecule has 0 aliphatic heterocycles. The second-order valence-electron chi connectivity index (χ2n) is 7.21. The van der Waals surface area contributed by atoms with Crippen LogP contribution < -0.4 is 0 Å². The van der Waals surface area contributed by atoms with Crippen LogP contribution in [-0.2, 0) is 0 Å². The van der Waals surface area contributed by atoms with Gasteiger partial charge >= 0.3 is 0 Å². The van der Waals surface area contributed by atoms with Crippen LogP contribution in [0.4, 0.5) is 0 Å². The van der Waals surface area contributed by atoms with Gasteiger partial charge in [-0.2, -0.15) is 0 Å². The van der Waals surface area contributed by atoms with Crippen molar-refractivity contribution in [1.29, 1.82) is 0 Å². The molecule has 132 valence electrons. The van der Waals surface area contributed by atoms with Gasteiger partial charge in [-0.25, -0.2) is 0 Å². The number of nitrogens with zero attached hydrogens (tertiary/aromatic N) is 1. The van der Waals surface area contributed by atoms with Crippen molar-refractivity contribution in [2.75, 3.05) is 0 Å². The summed E-state index contributed by atoms with van der Waals surface area (Å²) < 4.78 is 2.36. The Morgan fingerprint density at radius 1 is 0.500 bits per heavy atom. The molecule has 0 saturated heterocycles. The highest BCUT2D eigenvalue weighted by Crippen LogP contribution is 2.37. The number of benzene rings is 5. The number of para-hydroxylation sites is 2. The van der Waals surface area contributed by atoms with Crippen molar-refractivity contribution in [2.45, 2.75) is 0 Å². The van der Waals surface area contributed by atoms with E-state index in [1.807, 2.05) is 12.1 Å². The summed E-state index contributed by atoms with van der Waals surface area (Å²) >= 11 is 6.22. The number of rotatable bonds is 1. The third-order valence-electron chi connectivity index (χ3n) is 5.60. The van der Waals surface area contributed by atoms with Crippen LogP contribution in [0.2, 0.25) is 5.02 Å². The fraction of sp³-hybridized carbons (Fsp3) is 0. The van der Waals surface area contributed by atoms with E-state index in [4.69, 9.17) is 11.6 Å². The summed E-state index contributed by atoms with van der Waals surface area (Å²) in [5.74, 6) is 0. The summed E-state index contributed by atoms with van der Waals surface area (Å²) in [4.78, 5) is 0. The van der Waals surface area contributed by atoms with E-state index in [1.54, 1.807) is 0 Å². The van der Waals surface area contributed by atoms with Crippen LogP contribution in [-0.4, -0.2) is 4.57 Å². The van der Waals surface area contributed by atoms with Gasteiger partial charge in [-0.1, -0.05) is 66.2 Å². The lowest BCUT2D eigenvalue weighted by Crippen LogP contribution is -1.93. The molecule has 1 aromatic heterocycles. The zero-order valence-electron chi connectivity index (χ0n) is 15.1. The van der Waals surface area contributed by atoms with Crippen LogP contribution >= 0.6 is 11.6 Å². The first-order chi connectivity index (χ1) is 13.8. The molecule has 0 spiro atoms. The van der Waals surface area contributed by atoms with E-state index in [0.717, 1.165) is 5.02 Å². The molecule has 0 aliphatic rings. The molecule has 0 N–H and O–H groups in total. The highest BCUT2D eigenvalue weighted by atomic mass is 35.5. The Kier molecular flexibility index (Phi) is 3.29. The highest BCUT2D eigenvalue weighted by Gasteiger charge is 2.13. The van der Waals surface area contributed by atoms with Gasteiger partial charge in [0.2, 0.25) is 0 Å². The fourth-order valence-corrected chi connectivity index (χ4v) is 4.54. The van der Waals surface area contributed by atoms with Gasteiger partial charge < -0.3 is 4.57 Å². The first-order valence-corrected chi connectivity index (χ1v) is 9.78. The minimum Gasteiger partial charge on any atom is -0.309 e. The predicted molar refractivity (Wildman–Crippen MR) is 121 cm³/mol. The minimum atomic E-state index is 0.770. The lowest BCUT2D eigenvalue weighted by Gasteiger charge is -2.09. The van der Waals surface area contributed by atoms with Crippen LogP contribution in [0.15, 0.2) is 97.1 Å². The van der Waals surface area contributed by atoms with Crippen molar-refractivity contribution in [3.05, 3.63) is 102 Å². The van der Waals surface area contributed by atoms with E-state index in [0.29, 0.717) is 0 Å². The largest absolute Gasteiger partial charge is 0.309 e. The second-order valence-corrected chi connectivity index (χ2v) is 7.65. The third kappa shape index (κ3) is 2.20. The monoisotopic (exact) mass is 377 g/mol. The van der Waals surface area contributed by atoms with Crippen molar-refractivity contribution < 1.29 is 0 Å². The van der Waals surface area contributed by atoms with Crippen molar-refractivity contribution in [2.24, 2.45) is 0 Å². The predicted octanol–water partition coefficient (Wildman–Crippen LogP) is 7.74. The molecule has 6 rings (SSSR count). The average Bonchev–Trinajstić information content (AvgIpc) is 3.06. The van der Waals surface area contributed by atoms with E-state index >= 15 is 0 Å². The first-order valence-electron chi connectivity index (χ1n) is 9.40. The lowest BCUT2D eigenvalue weighted by atomic mass is 10.00. The number of hydrogen-bond acceptors (Lipinski definition) is 0. The fourth-order valence-electron chi connectivity index (χ4n) is 4.35. The van der Waals surface area contributed by atoms with Gasteiger partial charge in [0.1, 0.15) is 0 Å². The Hall–Kier alpha value is -3.29. The number of fused-ring (bicyclic) bond motifs is 6. The Morgan fingerprint density at radius 2 is 1.25 bits per heavy atom. The molecule has 0 aliphatic carbocycles. The van der Waals surface area contributed by atoms with E-state index in [1.165, 1.54) is 49.0 Å². The van der Waals surface area contributed by atoms with Crippen LogP contribution in [0.1, 0.15) is 0 Å². The molecule has 0 unspecified atom stereocenters. The maximum absolute atomic E-state index is 6.22. The van der Waals surface area contributed by atoms with Gasteiger partial charge in [0.05, 0.1) is 11.0 Å². The summed E-state index contributed by atoms with van der Waals surface area (Å²) in [5, 5.41) is 8.22. The molecule has 0 atom stereocenters. The summed E-state index contributed by atoms with van der Waals surface area (Å²) in [5.41, 5.74) is 3.63. The average molecular weight is 378 g/mol. The Bertz CT molecular complexity index is 1510. The van der Waals surface area contributed by atoms with Crippen molar-refractivity contribution in [3.63, 3.8) is 0 Å². The molecule has 1 nitrogen and oxygen atoms in total. The van der Waals surface area contributed by atoms with Crippen molar-refractivity contribution >= 4 is 55.0 Å². The summed E-state index contributed by atoms with van der Waals surface area (Å²) in [6.07, 6.45) is 0. The standard InChI is InChI=1S/C26H16ClN/c27-19-12-13-21-17(14-19)10-11-18-15-24-22-8-4-5-9-25(22)28(26(24)16-23(18)21)20-6-2-1-3-7-20/h1-16H.